The van der Waals surface area contributed by atoms with Crippen LogP contribution in [0.3, 0.4) is 0 Å². The van der Waals surface area contributed by atoms with E-state index < -0.39 is 0 Å². The van der Waals surface area contributed by atoms with Gasteiger partial charge in [0, 0.05) is 12.6 Å². The largest absolute Gasteiger partial charge is 0.353 e. The zero-order valence-electron chi connectivity index (χ0n) is 11.6. The summed E-state index contributed by atoms with van der Waals surface area (Å²) in [4.78, 5) is 12.3. The van der Waals surface area contributed by atoms with Crippen LogP contribution in [-0.4, -0.2) is 18.5 Å². The minimum Gasteiger partial charge on any atom is -0.353 e. The fourth-order valence-electron chi connectivity index (χ4n) is 2.24. The maximum Gasteiger partial charge on any atom is 0.229 e. The van der Waals surface area contributed by atoms with E-state index in [-0.39, 0.29) is 17.9 Å². The lowest BCUT2D eigenvalue weighted by atomic mass is 9.98. The van der Waals surface area contributed by atoms with E-state index >= 15 is 0 Å². The van der Waals surface area contributed by atoms with Gasteiger partial charge in [-0.1, -0.05) is 30.3 Å². The Morgan fingerprint density at radius 3 is 2.65 bits per heavy atom. The quantitative estimate of drug-likeness (QED) is 0.858. The summed E-state index contributed by atoms with van der Waals surface area (Å²) >= 11 is 1.68. The molecule has 2 unspecified atom stereocenters. The number of nitrogens with one attached hydrogen (secondary N) is 1. The summed E-state index contributed by atoms with van der Waals surface area (Å²) in [6.07, 6.45) is 0.849. The van der Waals surface area contributed by atoms with Gasteiger partial charge in [-0.15, -0.1) is 0 Å². The molecular weight excluding hydrogens is 268 g/mol. The number of carbonyl (C=O) groups excluding carboxylic acids is 1. The first kappa shape index (κ1) is 14.8. The van der Waals surface area contributed by atoms with E-state index in [0.717, 1.165) is 12.0 Å². The molecule has 0 saturated carbocycles. The molecule has 0 aliphatic rings. The van der Waals surface area contributed by atoms with Crippen molar-refractivity contribution in [3.05, 3.63) is 58.3 Å². The second-order valence-electron chi connectivity index (χ2n) is 4.94. The van der Waals surface area contributed by atoms with E-state index in [0.29, 0.717) is 6.54 Å². The normalized spacial score (nSPS) is 13.7. The number of hydrogen-bond acceptors (Lipinski definition) is 3. The molecule has 1 heterocycles. The van der Waals surface area contributed by atoms with Gasteiger partial charge in [0.25, 0.3) is 0 Å². The highest BCUT2D eigenvalue weighted by molar-refractivity contribution is 7.07. The molecule has 1 aromatic carbocycles. The molecule has 3 N–H and O–H groups in total. The van der Waals surface area contributed by atoms with Crippen LogP contribution in [0, 0.1) is 0 Å². The lowest BCUT2D eigenvalue weighted by molar-refractivity contribution is -0.122. The minimum atomic E-state index is -0.277. The van der Waals surface area contributed by atoms with E-state index in [1.54, 1.807) is 11.3 Å². The number of rotatable bonds is 6. The van der Waals surface area contributed by atoms with Gasteiger partial charge in [-0.25, -0.2) is 0 Å². The molecule has 2 rings (SSSR count). The second kappa shape index (κ2) is 7.22. The average molecular weight is 288 g/mol. The van der Waals surface area contributed by atoms with Crippen molar-refractivity contribution in [2.75, 3.05) is 6.54 Å². The van der Waals surface area contributed by atoms with Crippen LogP contribution < -0.4 is 11.1 Å². The third-order valence-electron chi connectivity index (χ3n) is 3.26. The van der Waals surface area contributed by atoms with Gasteiger partial charge in [-0.3, -0.25) is 4.79 Å². The monoisotopic (exact) mass is 288 g/mol. The molecule has 3 nitrogen and oxygen atoms in total. The van der Waals surface area contributed by atoms with Crippen LogP contribution in [0.1, 0.15) is 24.0 Å². The van der Waals surface area contributed by atoms with Crippen LogP contribution in [0.2, 0.25) is 0 Å². The Bertz CT molecular complexity index is 525. The highest BCUT2D eigenvalue weighted by Crippen LogP contribution is 2.15. The summed E-state index contributed by atoms with van der Waals surface area (Å²) in [5.41, 5.74) is 7.98. The van der Waals surface area contributed by atoms with E-state index in [9.17, 15) is 4.79 Å². The van der Waals surface area contributed by atoms with Crippen molar-refractivity contribution in [3.8, 4) is 0 Å². The summed E-state index contributed by atoms with van der Waals surface area (Å²) < 4.78 is 0. The third kappa shape index (κ3) is 3.92. The number of thiophene rings is 1. The minimum absolute atomic E-state index is 0.00132. The highest BCUT2D eigenvalue weighted by atomic mass is 32.1. The molecule has 1 aromatic heterocycles. The number of carbonyl (C=O) groups is 1. The molecule has 1 amide bonds. The molecule has 0 fully saturated rings. The zero-order chi connectivity index (χ0) is 14.4. The van der Waals surface area contributed by atoms with Crippen LogP contribution in [-0.2, 0) is 11.2 Å². The van der Waals surface area contributed by atoms with Crippen LogP contribution >= 0.6 is 11.3 Å². The predicted octanol–water partition coefficient (Wildman–Crippen LogP) is 2.54. The van der Waals surface area contributed by atoms with Crippen LogP contribution in [0.25, 0.3) is 0 Å². The number of amides is 1. The summed E-state index contributed by atoms with van der Waals surface area (Å²) in [7, 11) is 0. The Kier molecular flexibility index (Phi) is 5.32. The van der Waals surface area contributed by atoms with Crippen molar-refractivity contribution in [1.29, 1.82) is 0 Å². The summed E-state index contributed by atoms with van der Waals surface area (Å²) in [5.74, 6) is -0.275. The maximum atomic E-state index is 12.3. The predicted molar refractivity (Wildman–Crippen MR) is 83.9 cm³/mol. The Balaban J connectivity index is 1.95. The molecule has 2 aromatic rings. The van der Waals surface area contributed by atoms with E-state index in [1.807, 2.05) is 37.3 Å². The van der Waals surface area contributed by atoms with Crippen molar-refractivity contribution in [2.45, 2.75) is 25.3 Å². The van der Waals surface area contributed by atoms with Gasteiger partial charge in [0.15, 0.2) is 0 Å². The Hall–Kier alpha value is -1.65. The molecule has 20 heavy (non-hydrogen) atoms. The molecular formula is C16H20N2OS. The smallest absolute Gasteiger partial charge is 0.229 e. The fraction of sp³-hybridized carbons (Fsp3) is 0.312. The van der Waals surface area contributed by atoms with Crippen molar-refractivity contribution < 1.29 is 4.79 Å². The topological polar surface area (TPSA) is 55.1 Å². The Morgan fingerprint density at radius 1 is 1.30 bits per heavy atom. The molecule has 0 spiro atoms. The van der Waals surface area contributed by atoms with E-state index in [2.05, 4.69) is 22.1 Å². The van der Waals surface area contributed by atoms with Gasteiger partial charge >= 0.3 is 0 Å². The van der Waals surface area contributed by atoms with Gasteiger partial charge in [0.2, 0.25) is 5.91 Å². The van der Waals surface area contributed by atoms with Crippen molar-refractivity contribution >= 4 is 17.2 Å². The lowest BCUT2D eigenvalue weighted by Crippen LogP contribution is -2.39. The average Bonchev–Trinajstić information content (AvgIpc) is 2.93. The number of nitrogens with two attached hydrogens (primary N) is 1. The molecule has 0 bridgehead atoms. The van der Waals surface area contributed by atoms with Crippen LogP contribution in [0.15, 0.2) is 47.2 Å². The first-order chi connectivity index (χ1) is 9.70. The van der Waals surface area contributed by atoms with Gasteiger partial charge in [0.05, 0.1) is 5.92 Å². The summed E-state index contributed by atoms with van der Waals surface area (Å²) in [6, 6.07) is 11.9. The van der Waals surface area contributed by atoms with Gasteiger partial charge in [-0.2, -0.15) is 11.3 Å². The van der Waals surface area contributed by atoms with Crippen molar-refractivity contribution in [2.24, 2.45) is 5.73 Å². The lowest BCUT2D eigenvalue weighted by Gasteiger charge is -2.19. The first-order valence-electron chi connectivity index (χ1n) is 6.77. The van der Waals surface area contributed by atoms with Crippen molar-refractivity contribution in [1.82, 2.24) is 5.32 Å². The molecule has 4 heteroatoms. The molecule has 2 atom stereocenters. The van der Waals surface area contributed by atoms with Crippen molar-refractivity contribution in [3.63, 3.8) is 0 Å². The van der Waals surface area contributed by atoms with Gasteiger partial charge in [0.1, 0.15) is 0 Å². The van der Waals surface area contributed by atoms with Crippen LogP contribution in [0.4, 0.5) is 0 Å². The van der Waals surface area contributed by atoms with E-state index in [1.165, 1.54) is 5.56 Å². The Labute approximate surface area is 123 Å². The molecule has 0 aliphatic heterocycles. The Morgan fingerprint density at radius 2 is 2.05 bits per heavy atom. The van der Waals surface area contributed by atoms with E-state index in [4.69, 9.17) is 5.73 Å². The highest BCUT2D eigenvalue weighted by Gasteiger charge is 2.20. The number of benzene rings is 1. The second-order valence-corrected chi connectivity index (χ2v) is 5.72. The zero-order valence-corrected chi connectivity index (χ0v) is 12.4. The van der Waals surface area contributed by atoms with Crippen LogP contribution in [0.5, 0.6) is 0 Å². The number of hydrogen-bond donors (Lipinski definition) is 2. The fourth-order valence-corrected chi connectivity index (χ4v) is 2.92. The molecule has 0 aliphatic carbocycles. The van der Waals surface area contributed by atoms with Gasteiger partial charge < -0.3 is 11.1 Å². The first-order valence-corrected chi connectivity index (χ1v) is 7.71. The summed E-state index contributed by atoms with van der Waals surface area (Å²) in [5, 5.41) is 7.22. The standard InChI is InChI=1S/C16H20N2OS/c1-12(9-13-7-8-20-11-13)18-16(19)15(10-17)14-5-3-2-4-6-14/h2-8,11-12,15H,9-10,17H2,1H3,(H,18,19). The molecule has 0 radical (unpaired) electrons. The SMILES string of the molecule is CC(Cc1ccsc1)NC(=O)C(CN)c1ccccc1. The third-order valence-corrected chi connectivity index (χ3v) is 4.00. The van der Waals surface area contributed by atoms with Gasteiger partial charge in [-0.05, 0) is 41.3 Å². The maximum absolute atomic E-state index is 12.3. The molecule has 106 valence electrons. The summed E-state index contributed by atoms with van der Waals surface area (Å²) in [6.45, 7) is 2.34. The molecule has 0 saturated heterocycles.